The van der Waals surface area contributed by atoms with Crippen LogP contribution in [0.3, 0.4) is 0 Å². The summed E-state index contributed by atoms with van der Waals surface area (Å²) in [4.78, 5) is 16.9. The summed E-state index contributed by atoms with van der Waals surface area (Å²) in [6.07, 6.45) is 3.23. The van der Waals surface area contributed by atoms with Crippen molar-refractivity contribution in [3.63, 3.8) is 0 Å². The van der Waals surface area contributed by atoms with Gasteiger partial charge in [0, 0.05) is 37.1 Å². The van der Waals surface area contributed by atoms with E-state index in [4.69, 9.17) is 5.14 Å². The Morgan fingerprint density at radius 1 is 1.19 bits per heavy atom. The van der Waals surface area contributed by atoms with Crippen LogP contribution in [0, 0.1) is 6.92 Å². The van der Waals surface area contributed by atoms with E-state index in [1.807, 2.05) is 31.2 Å². The Balaban J connectivity index is 2.00. The van der Waals surface area contributed by atoms with Gasteiger partial charge in [0.2, 0.25) is 15.8 Å². The Bertz CT molecular complexity index is 1060. The minimum Gasteiger partial charge on any atom is -0.345 e. The number of sulfonamides is 1. The molecule has 0 radical (unpaired) electrons. The molecule has 3 rings (SSSR count). The van der Waals surface area contributed by atoms with Gasteiger partial charge in [-0.05, 0) is 30.2 Å². The van der Waals surface area contributed by atoms with Gasteiger partial charge in [0.1, 0.15) is 5.25 Å². The van der Waals surface area contributed by atoms with Gasteiger partial charge in [-0.3, -0.25) is 9.78 Å². The average Bonchev–Trinajstić information content (AvgIpc) is 2.93. The average molecular weight is 383 g/mol. The van der Waals surface area contributed by atoms with Crippen molar-refractivity contribution in [2.75, 3.05) is 0 Å². The number of hydrogen-bond donors (Lipinski definition) is 1. The van der Waals surface area contributed by atoms with Crippen LogP contribution >= 0.6 is 0 Å². The topological polar surface area (TPSA) is 95.0 Å². The van der Waals surface area contributed by atoms with Crippen molar-refractivity contribution in [1.82, 2.24) is 9.55 Å². The molecule has 2 heterocycles. The van der Waals surface area contributed by atoms with Crippen LogP contribution in [0.5, 0.6) is 0 Å². The highest BCUT2D eigenvalue weighted by Gasteiger charge is 2.27. The Kier molecular flexibility index (Phi) is 5.25. The van der Waals surface area contributed by atoms with E-state index in [9.17, 15) is 13.2 Å². The van der Waals surface area contributed by atoms with Gasteiger partial charge in [0.05, 0.1) is 5.69 Å². The van der Waals surface area contributed by atoms with Gasteiger partial charge in [-0.1, -0.05) is 36.4 Å². The van der Waals surface area contributed by atoms with E-state index in [2.05, 4.69) is 4.98 Å². The second-order valence-corrected chi connectivity index (χ2v) is 8.24. The number of carbonyl (C=O) groups excluding carboxylic acids is 1. The first kappa shape index (κ1) is 19.0. The maximum Gasteiger partial charge on any atom is 0.216 e. The highest BCUT2D eigenvalue weighted by Crippen LogP contribution is 2.27. The summed E-state index contributed by atoms with van der Waals surface area (Å²) in [5.74, 6) is -0.101. The molecule has 7 heteroatoms. The van der Waals surface area contributed by atoms with Crippen LogP contribution in [0.25, 0.3) is 0 Å². The molecule has 2 N–H and O–H groups in total. The lowest BCUT2D eigenvalue weighted by Gasteiger charge is -2.16. The molecule has 1 unspecified atom stereocenters. The molecule has 0 amide bonds. The third-order valence-corrected chi connectivity index (χ3v) is 5.85. The van der Waals surface area contributed by atoms with Gasteiger partial charge in [0.25, 0.3) is 0 Å². The van der Waals surface area contributed by atoms with Crippen LogP contribution in [0.2, 0.25) is 0 Å². The smallest absolute Gasteiger partial charge is 0.216 e. The van der Waals surface area contributed by atoms with Gasteiger partial charge in [0.15, 0.2) is 0 Å². The standard InChI is InChI=1S/C20H21N3O3S/c1-14-11-17(12-18(27(21,25)26)16-9-6-10-22-13-16)23(2)19(14)20(24)15-7-4-3-5-8-15/h3-11,13,18H,12H2,1-2H3,(H2,21,25,26). The van der Waals surface area contributed by atoms with Gasteiger partial charge in [-0.2, -0.15) is 0 Å². The molecule has 0 aliphatic rings. The molecule has 1 atom stereocenters. The summed E-state index contributed by atoms with van der Waals surface area (Å²) >= 11 is 0. The van der Waals surface area contributed by atoms with Crippen molar-refractivity contribution >= 4 is 15.8 Å². The lowest BCUT2D eigenvalue weighted by molar-refractivity contribution is 0.103. The summed E-state index contributed by atoms with van der Waals surface area (Å²) in [6.45, 7) is 1.84. The molecule has 0 aliphatic carbocycles. The molecular weight excluding hydrogens is 362 g/mol. The predicted octanol–water partition coefficient (Wildman–Crippen LogP) is 2.53. The number of rotatable bonds is 6. The maximum absolute atomic E-state index is 12.9. The second-order valence-electron chi connectivity index (χ2n) is 6.49. The number of nitrogens with zero attached hydrogens (tertiary/aromatic N) is 2. The molecule has 0 aliphatic heterocycles. The fourth-order valence-electron chi connectivity index (χ4n) is 3.26. The fourth-order valence-corrected chi connectivity index (χ4v) is 4.18. The number of aryl methyl sites for hydroxylation is 1. The first-order valence-corrected chi connectivity index (χ1v) is 10.1. The number of carbonyl (C=O) groups is 1. The SMILES string of the molecule is Cc1cc(CC(c2cccnc2)S(N)(=O)=O)n(C)c1C(=O)c1ccccc1. The van der Waals surface area contributed by atoms with E-state index >= 15 is 0 Å². The van der Waals surface area contributed by atoms with Crippen LogP contribution in [0.15, 0.2) is 60.9 Å². The normalized spacial score (nSPS) is 12.7. The summed E-state index contributed by atoms with van der Waals surface area (Å²) in [6, 6.07) is 14.2. The van der Waals surface area contributed by atoms with Crippen molar-refractivity contribution < 1.29 is 13.2 Å². The fraction of sp³-hybridized carbons (Fsp3) is 0.200. The number of ketones is 1. The van der Waals surface area contributed by atoms with Gasteiger partial charge in [-0.15, -0.1) is 0 Å². The Labute approximate surface area is 158 Å². The third kappa shape index (κ3) is 3.99. The van der Waals surface area contributed by atoms with E-state index in [-0.39, 0.29) is 12.2 Å². The van der Waals surface area contributed by atoms with Crippen molar-refractivity contribution in [3.05, 3.63) is 89.0 Å². The Hall–Kier alpha value is -2.77. The molecule has 2 aromatic heterocycles. The zero-order chi connectivity index (χ0) is 19.6. The van der Waals surface area contributed by atoms with Crippen LogP contribution < -0.4 is 5.14 Å². The van der Waals surface area contributed by atoms with Gasteiger partial charge in [-0.25, -0.2) is 13.6 Å². The Morgan fingerprint density at radius 3 is 2.48 bits per heavy atom. The van der Waals surface area contributed by atoms with Gasteiger partial charge >= 0.3 is 0 Å². The molecule has 6 nitrogen and oxygen atoms in total. The lowest BCUT2D eigenvalue weighted by atomic mass is 10.1. The van der Waals surface area contributed by atoms with E-state index in [1.54, 1.807) is 42.1 Å². The first-order chi connectivity index (χ1) is 12.8. The summed E-state index contributed by atoms with van der Waals surface area (Å²) < 4.78 is 26.1. The van der Waals surface area contributed by atoms with E-state index < -0.39 is 15.3 Å². The van der Waals surface area contributed by atoms with E-state index in [0.29, 0.717) is 16.8 Å². The summed E-state index contributed by atoms with van der Waals surface area (Å²) in [5, 5.41) is 4.54. The molecule has 0 saturated heterocycles. The number of primary sulfonamides is 1. The zero-order valence-electron chi connectivity index (χ0n) is 15.2. The second kappa shape index (κ2) is 7.46. The number of benzene rings is 1. The number of pyridine rings is 1. The van der Waals surface area contributed by atoms with Crippen LogP contribution in [-0.2, 0) is 23.5 Å². The van der Waals surface area contributed by atoms with E-state index in [1.165, 1.54) is 6.20 Å². The highest BCUT2D eigenvalue weighted by molar-refractivity contribution is 7.89. The minimum atomic E-state index is -3.85. The molecule has 3 aromatic rings. The van der Waals surface area contributed by atoms with E-state index in [0.717, 1.165) is 11.3 Å². The largest absolute Gasteiger partial charge is 0.345 e. The monoisotopic (exact) mass is 383 g/mol. The third-order valence-electron chi connectivity index (χ3n) is 4.62. The van der Waals surface area contributed by atoms with Crippen LogP contribution in [0.1, 0.15) is 38.1 Å². The predicted molar refractivity (Wildman–Crippen MR) is 104 cm³/mol. The van der Waals surface area contributed by atoms with Crippen molar-refractivity contribution in [1.29, 1.82) is 0 Å². The van der Waals surface area contributed by atoms with Crippen molar-refractivity contribution in [2.45, 2.75) is 18.6 Å². The molecule has 140 valence electrons. The molecule has 0 saturated carbocycles. The van der Waals surface area contributed by atoms with Gasteiger partial charge < -0.3 is 4.57 Å². The first-order valence-electron chi connectivity index (χ1n) is 8.45. The Morgan fingerprint density at radius 2 is 1.89 bits per heavy atom. The number of aromatic nitrogens is 2. The maximum atomic E-state index is 12.9. The molecular formula is C20H21N3O3S. The number of hydrogen-bond acceptors (Lipinski definition) is 4. The number of nitrogens with two attached hydrogens (primary N) is 1. The summed E-state index contributed by atoms with van der Waals surface area (Å²) in [7, 11) is -2.08. The molecule has 0 bridgehead atoms. The molecule has 0 fully saturated rings. The lowest BCUT2D eigenvalue weighted by Crippen LogP contribution is -2.24. The highest BCUT2D eigenvalue weighted by atomic mass is 32.2. The quantitative estimate of drug-likeness (QED) is 0.662. The van der Waals surface area contributed by atoms with Crippen LogP contribution in [-0.4, -0.2) is 23.8 Å². The zero-order valence-corrected chi connectivity index (χ0v) is 16.0. The van der Waals surface area contributed by atoms with Crippen molar-refractivity contribution in [3.8, 4) is 0 Å². The minimum absolute atomic E-state index is 0.101. The molecule has 1 aromatic carbocycles. The summed E-state index contributed by atoms with van der Waals surface area (Å²) in [5.41, 5.74) is 3.16. The van der Waals surface area contributed by atoms with Crippen LogP contribution in [0.4, 0.5) is 0 Å². The van der Waals surface area contributed by atoms with Crippen molar-refractivity contribution in [2.24, 2.45) is 12.2 Å². The molecule has 0 spiro atoms. The molecule has 27 heavy (non-hydrogen) atoms.